The van der Waals surface area contributed by atoms with Crippen LogP contribution in [0, 0.1) is 11.6 Å². The maximum atomic E-state index is 13.6. The van der Waals surface area contributed by atoms with Crippen molar-refractivity contribution in [2.24, 2.45) is 0 Å². The molecule has 0 aliphatic heterocycles. The Balaban J connectivity index is 1.85. The zero-order valence-corrected chi connectivity index (χ0v) is 11.7. The minimum absolute atomic E-state index is 0.191. The fraction of sp³-hybridized carbons (Fsp3) is 0.333. The van der Waals surface area contributed by atoms with Gasteiger partial charge in [-0.25, -0.2) is 8.78 Å². The topological polar surface area (TPSA) is 57.8 Å². The van der Waals surface area contributed by atoms with Gasteiger partial charge >= 0.3 is 0 Å². The molecular weight excluding hydrogens is 276 g/mol. The monoisotopic (exact) mass is 293 g/mol. The first-order chi connectivity index (χ1) is 10.1. The van der Waals surface area contributed by atoms with Crippen molar-refractivity contribution in [2.75, 3.05) is 6.54 Å². The molecule has 21 heavy (non-hydrogen) atoms. The third-order valence-electron chi connectivity index (χ3n) is 3.31. The fourth-order valence-electron chi connectivity index (χ4n) is 2.12. The van der Waals surface area contributed by atoms with Gasteiger partial charge in [-0.1, -0.05) is 6.07 Å². The molecule has 0 saturated heterocycles. The molecule has 1 heterocycles. The lowest BCUT2D eigenvalue weighted by Crippen LogP contribution is -2.30. The van der Waals surface area contributed by atoms with Crippen molar-refractivity contribution in [3.05, 3.63) is 53.4 Å². The van der Waals surface area contributed by atoms with Crippen LogP contribution in [0.1, 0.15) is 30.5 Å². The summed E-state index contributed by atoms with van der Waals surface area (Å²) < 4.78 is 27.2. The van der Waals surface area contributed by atoms with Crippen molar-refractivity contribution in [3.8, 4) is 0 Å². The van der Waals surface area contributed by atoms with E-state index in [1.807, 2.05) is 6.07 Å². The number of halogens is 2. The highest BCUT2D eigenvalue weighted by molar-refractivity contribution is 5.83. The summed E-state index contributed by atoms with van der Waals surface area (Å²) in [6.45, 7) is 1.93. The molecule has 0 radical (unpaired) electrons. The fourth-order valence-corrected chi connectivity index (χ4v) is 2.12. The Kier molecular flexibility index (Phi) is 5.03. The van der Waals surface area contributed by atoms with E-state index in [0.29, 0.717) is 6.54 Å². The number of nitrogens with one attached hydrogen (secondary N) is 2. The summed E-state index contributed by atoms with van der Waals surface area (Å²) in [4.78, 5) is 11.9. The van der Waals surface area contributed by atoms with Crippen molar-refractivity contribution >= 4 is 5.91 Å². The average Bonchev–Trinajstić information content (AvgIpc) is 2.96. The Morgan fingerprint density at radius 1 is 1.33 bits per heavy atom. The summed E-state index contributed by atoms with van der Waals surface area (Å²) in [7, 11) is 0. The van der Waals surface area contributed by atoms with Gasteiger partial charge in [-0.2, -0.15) is 5.10 Å². The SMILES string of the molecule is C[C@H](C(=O)NCCCc1ccn[nH]1)c1c(F)cccc1F. The number of carbonyl (C=O) groups is 1. The van der Waals surface area contributed by atoms with Crippen LogP contribution in [0.3, 0.4) is 0 Å². The number of benzene rings is 1. The number of aromatic nitrogens is 2. The van der Waals surface area contributed by atoms with Gasteiger partial charge in [0, 0.05) is 24.0 Å². The largest absolute Gasteiger partial charge is 0.356 e. The molecule has 4 nitrogen and oxygen atoms in total. The third kappa shape index (κ3) is 3.87. The number of nitrogens with zero attached hydrogens (tertiary/aromatic N) is 1. The number of carbonyl (C=O) groups excluding carboxylic acids is 1. The van der Waals surface area contributed by atoms with E-state index >= 15 is 0 Å². The molecule has 0 saturated carbocycles. The lowest BCUT2D eigenvalue weighted by Gasteiger charge is -2.14. The summed E-state index contributed by atoms with van der Waals surface area (Å²) in [6, 6.07) is 5.45. The molecule has 1 amide bonds. The van der Waals surface area contributed by atoms with Gasteiger partial charge in [0.1, 0.15) is 11.6 Å². The van der Waals surface area contributed by atoms with Crippen molar-refractivity contribution in [2.45, 2.75) is 25.7 Å². The summed E-state index contributed by atoms with van der Waals surface area (Å²) in [5.74, 6) is -2.65. The first-order valence-electron chi connectivity index (χ1n) is 6.79. The van der Waals surface area contributed by atoms with Crippen LogP contribution in [-0.2, 0) is 11.2 Å². The molecule has 2 N–H and O–H groups in total. The van der Waals surface area contributed by atoms with E-state index in [1.54, 1.807) is 6.20 Å². The predicted octanol–water partition coefficient (Wildman–Crippen LogP) is 2.54. The molecule has 0 aliphatic rings. The Bertz CT molecular complexity index is 579. The molecule has 0 bridgehead atoms. The first-order valence-corrected chi connectivity index (χ1v) is 6.79. The molecule has 0 spiro atoms. The normalized spacial score (nSPS) is 12.1. The van der Waals surface area contributed by atoms with Crippen LogP contribution in [-0.4, -0.2) is 22.6 Å². The van der Waals surface area contributed by atoms with E-state index in [-0.39, 0.29) is 11.5 Å². The summed E-state index contributed by atoms with van der Waals surface area (Å²) in [6.07, 6.45) is 3.14. The van der Waals surface area contributed by atoms with E-state index in [0.717, 1.165) is 30.7 Å². The molecule has 112 valence electrons. The van der Waals surface area contributed by atoms with Gasteiger partial charge in [0.2, 0.25) is 5.91 Å². The number of hydrogen-bond acceptors (Lipinski definition) is 2. The zero-order chi connectivity index (χ0) is 15.2. The maximum absolute atomic E-state index is 13.6. The van der Waals surface area contributed by atoms with E-state index < -0.39 is 17.6 Å². The molecule has 0 unspecified atom stereocenters. The Morgan fingerprint density at radius 3 is 2.67 bits per heavy atom. The number of rotatable bonds is 6. The third-order valence-corrected chi connectivity index (χ3v) is 3.31. The molecule has 0 aliphatic carbocycles. The smallest absolute Gasteiger partial charge is 0.227 e. The van der Waals surface area contributed by atoms with Crippen molar-refractivity contribution < 1.29 is 13.6 Å². The lowest BCUT2D eigenvalue weighted by atomic mass is 9.99. The molecule has 2 aromatic rings. The molecule has 0 fully saturated rings. The summed E-state index contributed by atoms with van der Waals surface area (Å²) in [5.41, 5.74) is 0.793. The van der Waals surface area contributed by atoms with Crippen LogP contribution in [0.4, 0.5) is 8.78 Å². The van der Waals surface area contributed by atoms with Crippen LogP contribution in [0.25, 0.3) is 0 Å². The second kappa shape index (κ2) is 6.97. The number of hydrogen-bond donors (Lipinski definition) is 2. The standard InChI is InChI=1S/C15H17F2N3O/c1-10(14-12(16)5-2-6-13(14)17)15(21)18-8-3-4-11-7-9-19-20-11/h2,5-7,9-10H,3-4,8H2,1H3,(H,18,21)(H,19,20)/t10-/m0/s1. The van der Waals surface area contributed by atoms with Gasteiger partial charge in [0.15, 0.2) is 0 Å². The van der Waals surface area contributed by atoms with Crippen molar-refractivity contribution in [1.29, 1.82) is 0 Å². The molecular formula is C15H17F2N3O. The molecule has 1 aromatic heterocycles. The maximum Gasteiger partial charge on any atom is 0.227 e. The lowest BCUT2D eigenvalue weighted by molar-refractivity contribution is -0.122. The minimum atomic E-state index is -0.863. The van der Waals surface area contributed by atoms with Crippen LogP contribution >= 0.6 is 0 Å². The first kappa shape index (κ1) is 15.2. The van der Waals surface area contributed by atoms with Crippen LogP contribution < -0.4 is 5.32 Å². The van der Waals surface area contributed by atoms with Gasteiger partial charge in [0.05, 0.1) is 5.92 Å². The Morgan fingerprint density at radius 2 is 2.05 bits per heavy atom. The second-order valence-corrected chi connectivity index (χ2v) is 4.83. The van der Waals surface area contributed by atoms with Crippen LogP contribution in [0.5, 0.6) is 0 Å². The van der Waals surface area contributed by atoms with Gasteiger partial charge in [-0.15, -0.1) is 0 Å². The molecule has 1 aromatic carbocycles. The molecule has 2 rings (SSSR count). The van der Waals surface area contributed by atoms with Gasteiger partial charge in [-0.3, -0.25) is 9.89 Å². The van der Waals surface area contributed by atoms with E-state index in [1.165, 1.54) is 13.0 Å². The van der Waals surface area contributed by atoms with E-state index in [4.69, 9.17) is 0 Å². The number of H-pyrrole nitrogens is 1. The van der Waals surface area contributed by atoms with Gasteiger partial charge in [0.25, 0.3) is 0 Å². The average molecular weight is 293 g/mol. The van der Waals surface area contributed by atoms with E-state index in [2.05, 4.69) is 15.5 Å². The van der Waals surface area contributed by atoms with Crippen molar-refractivity contribution in [1.82, 2.24) is 15.5 Å². The summed E-state index contributed by atoms with van der Waals surface area (Å²) in [5, 5.41) is 9.35. The highest BCUT2D eigenvalue weighted by Gasteiger charge is 2.22. The second-order valence-electron chi connectivity index (χ2n) is 4.83. The van der Waals surface area contributed by atoms with E-state index in [9.17, 15) is 13.6 Å². The van der Waals surface area contributed by atoms with Crippen LogP contribution in [0.15, 0.2) is 30.5 Å². The van der Waals surface area contributed by atoms with Crippen LogP contribution in [0.2, 0.25) is 0 Å². The number of aromatic amines is 1. The summed E-state index contributed by atoms with van der Waals surface area (Å²) >= 11 is 0. The van der Waals surface area contributed by atoms with Gasteiger partial charge in [-0.05, 0) is 38.0 Å². The highest BCUT2D eigenvalue weighted by Crippen LogP contribution is 2.22. The minimum Gasteiger partial charge on any atom is -0.356 e. The Hall–Kier alpha value is -2.24. The quantitative estimate of drug-likeness (QED) is 0.804. The van der Waals surface area contributed by atoms with Crippen molar-refractivity contribution in [3.63, 3.8) is 0 Å². The zero-order valence-electron chi connectivity index (χ0n) is 11.7. The molecule has 1 atom stereocenters. The predicted molar refractivity (Wildman–Crippen MR) is 74.7 cm³/mol. The Labute approximate surface area is 121 Å². The highest BCUT2D eigenvalue weighted by atomic mass is 19.1. The number of aryl methyl sites for hydroxylation is 1. The van der Waals surface area contributed by atoms with Gasteiger partial charge < -0.3 is 5.32 Å². The number of amides is 1. The molecule has 6 heteroatoms.